The first-order valence-electron chi connectivity index (χ1n) is 6.13. The molecule has 0 fully saturated rings. The first-order chi connectivity index (χ1) is 8.70. The molecular formula is C16H16O2. The summed E-state index contributed by atoms with van der Waals surface area (Å²) in [4.78, 5) is 10.7. The van der Waals surface area contributed by atoms with Gasteiger partial charge in [-0.05, 0) is 30.2 Å². The summed E-state index contributed by atoms with van der Waals surface area (Å²) >= 11 is 0. The van der Waals surface area contributed by atoms with Crippen LogP contribution in [-0.2, 0) is 6.42 Å². The van der Waals surface area contributed by atoms with Crippen molar-refractivity contribution in [3.8, 4) is 5.75 Å². The van der Waals surface area contributed by atoms with Crippen LogP contribution in [0.2, 0.25) is 0 Å². The fraction of sp³-hybridized carbons (Fsp3) is 0.188. The van der Waals surface area contributed by atoms with E-state index in [2.05, 4.69) is 6.92 Å². The van der Waals surface area contributed by atoms with Crippen molar-refractivity contribution in [3.05, 3.63) is 65.2 Å². The van der Waals surface area contributed by atoms with Crippen LogP contribution in [0.5, 0.6) is 5.75 Å². The first-order valence-corrected chi connectivity index (χ1v) is 6.13. The van der Waals surface area contributed by atoms with Gasteiger partial charge in [-0.1, -0.05) is 43.7 Å². The van der Waals surface area contributed by atoms with Crippen molar-refractivity contribution in [2.75, 3.05) is 0 Å². The number of aromatic hydroxyl groups is 1. The molecule has 1 N–H and O–H groups in total. The Morgan fingerprint density at radius 3 is 2.00 bits per heavy atom. The van der Waals surface area contributed by atoms with Gasteiger partial charge in [0.05, 0.1) is 0 Å². The Balaban J connectivity index is 0.000000136. The number of hydrogen-bond donors (Lipinski definition) is 1. The van der Waals surface area contributed by atoms with Gasteiger partial charge in [0.15, 0.2) is 5.78 Å². The highest BCUT2D eigenvalue weighted by Crippen LogP contribution is 2.19. The molecule has 0 aromatic heterocycles. The van der Waals surface area contributed by atoms with Crippen LogP contribution in [-0.4, -0.2) is 10.9 Å². The summed E-state index contributed by atoms with van der Waals surface area (Å²) < 4.78 is 0. The summed E-state index contributed by atoms with van der Waals surface area (Å²) in [6, 6.07) is 14.8. The van der Waals surface area contributed by atoms with Gasteiger partial charge in [0, 0.05) is 11.1 Å². The number of aryl methyl sites for hydroxylation is 1. The van der Waals surface area contributed by atoms with E-state index in [0.29, 0.717) is 5.75 Å². The van der Waals surface area contributed by atoms with Crippen LogP contribution >= 0.6 is 0 Å². The second kappa shape index (κ2) is 5.50. The third-order valence-electron chi connectivity index (χ3n) is 2.86. The highest BCUT2D eigenvalue weighted by Gasteiger charge is 2.17. The predicted octanol–water partition coefficient (Wildman–Crippen LogP) is 3.58. The molecule has 0 saturated heterocycles. The number of carbonyl (C=O) groups excluding carboxylic acids is 1. The molecule has 4 rings (SSSR count). The second-order valence-electron chi connectivity index (χ2n) is 4.33. The number of ketones is 1. The van der Waals surface area contributed by atoms with Crippen LogP contribution < -0.4 is 0 Å². The summed E-state index contributed by atoms with van der Waals surface area (Å²) in [6.07, 6.45) is 2.26. The van der Waals surface area contributed by atoms with Crippen molar-refractivity contribution in [3.63, 3.8) is 0 Å². The molecule has 2 bridgehead atoms. The monoisotopic (exact) mass is 240 g/mol. The number of rotatable bonds is 2. The number of hydrogen-bond acceptors (Lipinski definition) is 2. The van der Waals surface area contributed by atoms with Crippen LogP contribution in [0.25, 0.3) is 0 Å². The molecule has 18 heavy (non-hydrogen) atoms. The van der Waals surface area contributed by atoms with Crippen molar-refractivity contribution in [2.45, 2.75) is 19.8 Å². The van der Waals surface area contributed by atoms with Gasteiger partial charge in [-0.25, -0.2) is 0 Å². The van der Waals surface area contributed by atoms with E-state index >= 15 is 0 Å². The van der Waals surface area contributed by atoms with Crippen molar-refractivity contribution in [2.24, 2.45) is 0 Å². The van der Waals surface area contributed by atoms with E-state index in [9.17, 15) is 4.79 Å². The largest absolute Gasteiger partial charge is 0.508 e. The van der Waals surface area contributed by atoms with Gasteiger partial charge in [0.1, 0.15) is 5.75 Å². The molecule has 0 heterocycles. The molecule has 0 aliphatic heterocycles. The Labute approximate surface area is 107 Å². The molecule has 0 saturated carbocycles. The van der Waals surface area contributed by atoms with Gasteiger partial charge in [-0.3, -0.25) is 4.79 Å². The molecule has 2 aromatic rings. The molecule has 2 aromatic carbocycles. The molecule has 2 heteroatoms. The maximum atomic E-state index is 10.7. The normalized spacial score (nSPS) is 11.3. The zero-order valence-corrected chi connectivity index (χ0v) is 10.4. The van der Waals surface area contributed by atoms with Crippen LogP contribution in [0, 0.1) is 0 Å². The van der Waals surface area contributed by atoms with Crippen molar-refractivity contribution < 1.29 is 9.90 Å². The zero-order chi connectivity index (χ0) is 13.0. The molecule has 0 atom stereocenters. The number of phenols is 1. The minimum Gasteiger partial charge on any atom is -0.508 e. The molecule has 0 radical (unpaired) electrons. The van der Waals surface area contributed by atoms with Gasteiger partial charge in [0.2, 0.25) is 0 Å². The van der Waals surface area contributed by atoms with E-state index < -0.39 is 0 Å². The standard InChI is InChI=1S/C9H12O.C7H4O/c1-2-3-8-4-6-9(10)7-5-8;8-7-5-2-1-3-6(7)4-5/h4-7,10H,2-3H2,1H3;1-4H. The average Bonchev–Trinajstić information content (AvgIpc) is 2.42. The lowest BCUT2D eigenvalue weighted by Gasteiger charge is -2.10. The van der Waals surface area contributed by atoms with E-state index in [1.165, 1.54) is 5.56 Å². The van der Waals surface area contributed by atoms with Gasteiger partial charge < -0.3 is 5.11 Å². The quantitative estimate of drug-likeness (QED) is 0.743. The number of phenolic OH excluding ortho intramolecular Hbond substituents is 1. The van der Waals surface area contributed by atoms with Crippen LogP contribution in [0.1, 0.15) is 34.8 Å². The van der Waals surface area contributed by atoms with Gasteiger partial charge in [-0.2, -0.15) is 0 Å². The lowest BCUT2D eigenvalue weighted by molar-refractivity contribution is 0.102. The molecule has 2 aliphatic rings. The molecule has 2 aliphatic carbocycles. The van der Waals surface area contributed by atoms with E-state index in [-0.39, 0.29) is 5.78 Å². The first kappa shape index (κ1) is 12.4. The summed E-state index contributed by atoms with van der Waals surface area (Å²) in [7, 11) is 0. The minimum absolute atomic E-state index is 0.201. The maximum absolute atomic E-state index is 10.7. The molecule has 2 nitrogen and oxygen atoms in total. The molecule has 0 amide bonds. The maximum Gasteiger partial charge on any atom is 0.193 e. The average molecular weight is 240 g/mol. The Morgan fingerprint density at radius 2 is 1.61 bits per heavy atom. The van der Waals surface area contributed by atoms with Gasteiger partial charge in [0.25, 0.3) is 0 Å². The number of carbonyl (C=O) groups is 1. The molecular weight excluding hydrogens is 224 g/mol. The summed E-state index contributed by atoms with van der Waals surface area (Å²) in [6.45, 7) is 2.15. The minimum atomic E-state index is 0.201. The van der Waals surface area contributed by atoms with Gasteiger partial charge in [-0.15, -0.1) is 0 Å². The summed E-state index contributed by atoms with van der Waals surface area (Å²) in [5.74, 6) is 0.548. The Hall–Kier alpha value is -2.09. The topological polar surface area (TPSA) is 37.3 Å². The third kappa shape index (κ3) is 2.77. The Bertz CT molecular complexity index is 513. The summed E-state index contributed by atoms with van der Waals surface area (Å²) in [5.41, 5.74) is 2.99. The highest BCUT2D eigenvalue weighted by atomic mass is 16.3. The molecule has 0 unspecified atom stereocenters. The van der Waals surface area contributed by atoms with Crippen molar-refractivity contribution >= 4 is 5.78 Å². The van der Waals surface area contributed by atoms with E-state index in [0.717, 1.165) is 24.0 Å². The van der Waals surface area contributed by atoms with Crippen molar-refractivity contribution in [1.29, 1.82) is 0 Å². The molecule has 0 spiro atoms. The van der Waals surface area contributed by atoms with E-state index in [4.69, 9.17) is 5.11 Å². The fourth-order valence-electron chi connectivity index (χ4n) is 1.84. The zero-order valence-electron chi connectivity index (χ0n) is 10.4. The van der Waals surface area contributed by atoms with Crippen LogP contribution in [0.3, 0.4) is 0 Å². The van der Waals surface area contributed by atoms with Gasteiger partial charge >= 0.3 is 0 Å². The van der Waals surface area contributed by atoms with Crippen molar-refractivity contribution in [1.82, 2.24) is 0 Å². The third-order valence-corrected chi connectivity index (χ3v) is 2.86. The van der Waals surface area contributed by atoms with E-state index in [1.807, 2.05) is 36.4 Å². The SMILES string of the molecule is CCCc1ccc(O)cc1.O=C1c2cccc1c2. The number of fused-ring (bicyclic) bond motifs is 2. The Kier molecular flexibility index (Phi) is 3.78. The lowest BCUT2D eigenvalue weighted by atomic mass is 9.92. The van der Waals surface area contributed by atoms with Crippen LogP contribution in [0.4, 0.5) is 0 Å². The highest BCUT2D eigenvalue weighted by molar-refractivity contribution is 6.16. The van der Waals surface area contributed by atoms with Crippen LogP contribution in [0.15, 0.2) is 48.5 Å². The molecule has 92 valence electrons. The predicted molar refractivity (Wildman–Crippen MR) is 72.0 cm³/mol. The lowest BCUT2D eigenvalue weighted by Crippen LogP contribution is -2.10. The van der Waals surface area contributed by atoms with E-state index in [1.54, 1.807) is 12.1 Å². The second-order valence-corrected chi connectivity index (χ2v) is 4.33. The smallest absolute Gasteiger partial charge is 0.193 e. The summed E-state index contributed by atoms with van der Waals surface area (Å²) in [5, 5.41) is 8.92. The number of benzene rings is 2. The fourth-order valence-corrected chi connectivity index (χ4v) is 1.84. The Morgan fingerprint density at radius 1 is 1.00 bits per heavy atom.